The van der Waals surface area contributed by atoms with E-state index in [2.05, 4.69) is 65.0 Å². The Kier molecular flexibility index (Phi) is 11.6. The Morgan fingerprint density at radius 2 is 1.85 bits per heavy atom. The van der Waals surface area contributed by atoms with E-state index in [4.69, 9.17) is 16.6 Å². The average molecular weight is 375 g/mol. The maximum Gasteiger partial charge on any atom is 0.320 e. The van der Waals surface area contributed by atoms with Crippen LogP contribution in [0.5, 0.6) is 0 Å². The van der Waals surface area contributed by atoms with Gasteiger partial charge >= 0.3 is 5.97 Å². The van der Waals surface area contributed by atoms with Crippen LogP contribution in [-0.2, 0) is 4.79 Å². The number of nitrogens with two attached hydrogens (primary N) is 2. The van der Waals surface area contributed by atoms with Crippen LogP contribution in [-0.4, -0.2) is 23.7 Å². The first-order valence-corrected chi connectivity index (χ1v) is 9.59. The molecule has 0 bridgehead atoms. The van der Waals surface area contributed by atoms with E-state index in [0.717, 1.165) is 0 Å². The molecule has 0 aromatic heterocycles. The van der Waals surface area contributed by atoms with Gasteiger partial charge in [0.1, 0.15) is 6.04 Å². The Morgan fingerprint density at radius 1 is 1.26 bits per heavy atom. The minimum absolute atomic E-state index is 0.315. The van der Waals surface area contributed by atoms with Crippen molar-refractivity contribution in [2.45, 2.75) is 66.8 Å². The predicted molar refractivity (Wildman–Crippen MR) is 116 cm³/mol. The van der Waals surface area contributed by atoms with Gasteiger partial charge in [-0.05, 0) is 57.9 Å². The number of carboxylic acid groups (broad SMARTS) is 1. The summed E-state index contributed by atoms with van der Waals surface area (Å²) < 4.78 is 0. The van der Waals surface area contributed by atoms with E-state index in [1.807, 2.05) is 6.08 Å². The van der Waals surface area contributed by atoms with Gasteiger partial charge in [-0.15, -0.1) is 0 Å². The van der Waals surface area contributed by atoms with E-state index < -0.39 is 12.0 Å². The molecule has 4 nitrogen and oxygen atoms in total. The lowest BCUT2D eigenvalue weighted by molar-refractivity contribution is -0.138. The molecule has 0 saturated heterocycles. The van der Waals surface area contributed by atoms with Crippen molar-refractivity contribution in [2.75, 3.05) is 6.54 Å². The number of aliphatic carboxylic acids is 1. The summed E-state index contributed by atoms with van der Waals surface area (Å²) in [6, 6.07) is -0.731. The maximum atomic E-state index is 9.57. The zero-order valence-corrected chi connectivity index (χ0v) is 17.9. The molecule has 0 spiro atoms. The van der Waals surface area contributed by atoms with Crippen molar-refractivity contribution in [1.82, 2.24) is 0 Å². The van der Waals surface area contributed by atoms with Gasteiger partial charge in [0, 0.05) is 6.54 Å². The van der Waals surface area contributed by atoms with Gasteiger partial charge in [-0.25, -0.2) is 0 Å². The molecule has 1 rings (SSSR count). The van der Waals surface area contributed by atoms with Gasteiger partial charge in [-0.1, -0.05) is 67.0 Å². The van der Waals surface area contributed by atoms with Crippen LogP contribution in [0.3, 0.4) is 0 Å². The average Bonchev–Trinajstić information content (AvgIpc) is 2.54. The number of hydrogen-bond donors (Lipinski definition) is 3. The molecule has 0 saturated carbocycles. The lowest BCUT2D eigenvalue weighted by Crippen LogP contribution is -2.25. The highest BCUT2D eigenvalue weighted by molar-refractivity contribution is 5.72. The van der Waals surface area contributed by atoms with Crippen LogP contribution >= 0.6 is 0 Å². The highest BCUT2D eigenvalue weighted by Crippen LogP contribution is 2.40. The third-order valence-corrected chi connectivity index (χ3v) is 4.60. The van der Waals surface area contributed by atoms with Gasteiger partial charge < -0.3 is 16.6 Å². The van der Waals surface area contributed by atoms with Crippen molar-refractivity contribution in [2.24, 2.45) is 16.9 Å². The van der Waals surface area contributed by atoms with E-state index in [1.165, 1.54) is 42.9 Å². The fraction of sp³-hybridized carbons (Fsp3) is 0.522. The molecule has 1 aliphatic rings. The maximum absolute atomic E-state index is 9.57. The first-order valence-electron chi connectivity index (χ1n) is 9.59. The Morgan fingerprint density at radius 3 is 2.33 bits per heavy atom. The van der Waals surface area contributed by atoms with E-state index in [9.17, 15) is 4.79 Å². The van der Waals surface area contributed by atoms with Crippen LogP contribution in [0.1, 0.15) is 60.8 Å². The summed E-state index contributed by atoms with van der Waals surface area (Å²) in [5.41, 5.74) is 16.2. The Labute approximate surface area is 165 Å². The minimum atomic E-state index is -0.963. The number of allylic oxidation sites excluding steroid dienone is 9. The molecule has 1 aliphatic carbocycles. The number of rotatable bonds is 6. The fourth-order valence-corrected chi connectivity index (χ4v) is 2.89. The van der Waals surface area contributed by atoms with Gasteiger partial charge in [-0.2, -0.15) is 0 Å². The zero-order valence-electron chi connectivity index (χ0n) is 17.9. The van der Waals surface area contributed by atoms with Crippen LogP contribution in [0.2, 0.25) is 0 Å². The number of hydrogen-bond acceptors (Lipinski definition) is 3. The fourth-order valence-electron chi connectivity index (χ4n) is 2.89. The molecule has 0 aromatic carbocycles. The van der Waals surface area contributed by atoms with Crippen molar-refractivity contribution in [3.63, 3.8) is 0 Å². The second-order valence-corrected chi connectivity index (χ2v) is 7.85. The van der Waals surface area contributed by atoms with Crippen molar-refractivity contribution >= 4 is 5.97 Å². The molecule has 0 aliphatic heterocycles. The van der Waals surface area contributed by atoms with E-state index in [-0.39, 0.29) is 0 Å². The lowest BCUT2D eigenvalue weighted by atomic mass is 9.72. The first kappa shape index (κ1) is 25.1. The monoisotopic (exact) mass is 374 g/mol. The van der Waals surface area contributed by atoms with Crippen molar-refractivity contribution < 1.29 is 9.90 Å². The summed E-state index contributed by atoms with van der Waals surface area (Å²) in [5, 5.41) is 7.87. The Hall–Kier alpha value is -1.91. The molecule has 0 heterocycles. The molecule has 1 atom stereocenters. The summed E-state index contributed by atoms with van der Waals surface area (Å²) in [4.78, 5) is 9.57. The Bertz CT molecular complexity index is 633. The van der Waals surface area contributed by atoms with Crippen molar-refractivity contribution in [3.05, 3.63) is 58.7 Å². The summed E-state index contributed by atoms with van der Waals surface area (Å²) >= 11 is 0. The van der Waals surface area contributed by atoms with E-state index in [0.29, 0.717) is 12.0 Å². The van der Waals surface area contributed by atoms with Gasteiger partial charge in [0.15, 0.2) is 0 Å². The normalized spacial score (nSPS) is 19.3. The molecule has 152 valence electrons. The highest BCUT2D eigenvalue weighted by atomic mass is 16.4. The predicted octanol–water partition coefficient (Wildman–Crippen LogP) is 4.89. The zero-order chi connectivity index (χ0) is 21.0. The topological polar surface area (TPSA) is 89.3 Å². The standard InChI is InChI=1S/C20H31N.C3H7NO2/c1-16(8-6-9-17(2)13-15-21)11-12-19-18(3)10-7-14-20(19,4)5;1-2(4)3(5)6/h6,8-9,11-13H,7,10,14-15,21H2,1-5H3;2H,4H2,1H3,(H,5,6)/t;2-/m.0/s1. The molecule has 4 heteroatoms. The summed E-state index contributed by atoms with van der Waals surface area (Å²) in [6.07, 6.45) is 16.8. The highest BCUT2D eigenvalue weighted by Gasteiger charge is 2.26. The van der Waals surface area contributed by atoms with Crippen LogP contribution in [0.25, 0.3) is 0 Å². The van der Waals surface area contributed by atoms with Gasteiger partial charge in [0.05, 0.1) is 0 Å². The van der Waals surface area contributed by atoms with Gasteiger partial charge in [0.25, 0.3) is 0 Å². The minimum Gasteiger partial charge on any atom is -0.480 e. The summed E-state index contributed by atoms with van der Waals surface area (Å²) in [5.74, 6) is -0.963. The third-order valence-electron chi connectivity index (χ3n) is 4.60. The molecular formula is C23H38N2O2. The largest absolute Gasteiger partial charge is 0.480 e. The molecule has 0 amide bonds. The molecule has 0 fully saturated rings. The molecule has 0 unspecified atom stereocenters. The molecule has 27 heavy (non-hydrogen) atoms. The van der Waals surface area contributed by atoms with E-state index in [1.54, 1.807) is 5.57 Å². The summed E-state index contributed by atoms with van der Waals surface area (Å²) in [6.45, 7) is 13.2. The quantitative estimate of drug-likeness (QED) is 0.577. The molecular weight excluding hydrogens is 336 g/mol. The first-order chi connectivity index (χ1) is 12.5. The number of carbonyl (C=O) groups is 1. The lowest BCUT2D eigenvalue weighted by Gasteiger charge is -2.32. The second-order valence-electron chi connectivity index (χ2n) is 7.85. The SMILES string of the molecule is CC(C=CC1=C(C)CCCC1(C)C)=CC=CC(C)=CCN.C[C@H](N)C(=O)O. The van der Waals surface area contributed by atoms with E-state index >= 15 is 0 Å². The van der Waals surface area contributed by atoms with Crippen LogP contribution in [0.15, 0.2) is 58.7 Å². The number of carboxylic acids is 1. The molecule has 0 radical (unpaired) electrons. The van der Waals surface area contributed by atoms with Gasteiger partial charge in [-0.3, -0.25) is 4.79 Å². The molecule has 5 N–H and O–H groups in total. The van der Waals surface area contributed by atoms with Crippen molar-refractivity contribution in [1.29, 1.82) is 0 Å². The van der Waals surface area contributed by atoms with Gasteiger partial charge in [0.2, 0.25) is 0 Å². The molecule has 0 aromatic rings. The van der Waals surface area contributed by atoms with Crippen LogP contribution < -0.4 is 11.5 Å². The smallest absolute Gasteiger partial charge is 0.320 e. The van der Waals surface area contributed by atoms with Crippen LogP contribution in [0.4, 0.5) is 0 Å². The second kappa shape index (κ2) is 12.5. The van der Waals surface area contributed by atoms with Crippen LogP contribution in [0, 0.1) is 5.41 Å². The van der Waals surface area contributed by atoms with Crippen molar-refractivity contribution in [3.8, 4) is 0 Å². The Balaban J connectivity index is 0.000000972. The summed E-state index contributed by atoms with van der Waals surface area (Å²) in [7, 11) is 0. The third kappa shape index (κ3) is 10.7.